The van der Waals surface area contributed by atoms with Gasteiger partial charge < -0.3 is 20.4 Å². The van der Waals surface area contributed by atoms with Gasteiger partial charge in [-0.15, -0.1) is 24.0 Å². The van der Waals surface area contributed by atoms with Crippen molar-refractivity contribution >= 4 is 29.9 Å². The van der Waals surface area contributed by atoms with Gasteiger partial charge in [0, 0.05) is 52.5 Å². The molecule has 0 unspecified atom stereocenters. The van der Waals surface area contributed by atoms with Gasteiger partial charge in [0.1, 0.15) is 0 Å². The number of aliphatic imine (C=N–C) groups is 1. The molecule has 0 spiro atoms. The first kappa shape index (κ1) is 23.2. The van der Waals surface area contributed by atoms with Crippen LogP contribution in [0.4, 0.5) is 0 Å². The average Bonchev–Trinajstić information content (AvgIpc) is 3.04. The number of likely N-dealkylation sites (N-methyl/N-ethyl adjacent to an activating group) is 1. The van der Waals surface area contributed by atoms with E-state index in [0.717, 1.165) is 24.7 Å². The van der Waals surface area contributed by atoms with Crippen molar-refractivity contribution in [2.45, 2.75) is 33.2 Å². The van der Waals surface area contributed by atoms with Gasteiger partial charge in [-0.25, -0.2) is 4.99 Å². The first-order valence-corrected chi connectivity index (χ1v) is 9.66. The van der Waals surface area contributed by atoms with Crippen molar-refractivity contribution < 1.29 is 0 Å². The maximum atomic E-state index is 4.64. The van der Waals surface area contributed by atoms with Crippen LogP contribution in [-0.2, 0) is 13.6 Å². The topological polar surface area (TPSA) is 60.7 Å². The van der Waals surface area contributed by atoms with E-state index in [9.17, 15) is 0 Å². The van der Waals surface area contributed by atoms with Crippen molar-refractivity contribution in [3.05, 3.63) is 18.0 Å². The van der Waals surface area contributed by atoms with Gasteiger partial charge >= 0.3 is 0 Å². The molecule has 0 aromatic carbocycles. The molecule has 0 amide bonds. The summed E-state index contributed by atoms with van der Waals surface area (Å²) in [5.74, 6) is 0.889. The van der Waals surface area contributed by atoms with Crippen LogP contribution in [0.25, 0.3) is 0 Å². The molecule has 2 rings (SSSR count). The maximum absolute atomic E-state index is 4.64. The van der Waals surface area contributed by atoms with Crippen LogP contribution in [0.3, 0.4) is 0 Å². The summed E-state index contributed by atoms with van der Waals surface area (Å²) >= 11 is 0. The zero-order valence-electron chi connectivity index (χ0n) is 16.6. The minimum Gasteiger partial charge on any atom is -0.357 e. The van der Waals surface area contributed by atoms with Gasteiger partial charge in [0.25, 0.3) is 0 Å². The maximum Gasteiger partial charge on any atom is 0.191 e. The predicted octanol–water partition coefficient (Wildman–Crippen LogP) is 1.51. The quantitative estimate of drug-likeness (QED) is 0.245. The SMILES string of the molecule is CCNC(=NCc1ccnn1C)NCCCCN1CCN(CC)CC1.I. The molecule has 2 heterocycles. The van der Waals surface area contributed by atoms with Crippen LogP contribution < -0.4 is 10.6 Å². The van der Waals surface area contributed by atoms with E-state index in [1.54, 1.807) is 0 Å². The van der Waals surface area contributed by atoms with Crippen LogP contribution in [0, 0.1) is 0 Å². The molecule has 0 atom stereocenters. The summed E-state index contributed by atoms with van der Waals surface area (Å²) in [6.45, 7) is 14.1. The molecule has 1 aromatic rings. The van der Waals surface area contributed by atoms with E-state index in [4.69, 9.17) is 0 Å². The Morgan fingerprint density at radius 1 is 1.12 bits per heavy atom. The number of guanidine groups is 1. The van der Waals surface area contributed by atoms with Gasteiger partial charge in [-0.3, -0.25) is 4.68 Å². The van der Waals surface area contributed by atoms with E-state index >= 15 is 0 Å². The predicted molar refractivity (Wildman–Crippen MR) is 119 cm³/mol. The van der Waals surface area contributed by atoms with Crippen LogP contribution in [0.2, 0.25) is 0 Å². The normalized spacial score (nSPS) is 16.3. The molecule has 7 nitrogen and oxygen atoms in total. The number of hydrogen-bond acceptors (Lipinski definition) is 4. The molecule has 26 heavy (non-hydrogen) atoms. The molecule has 0 aliphatic carbocycles. The van der Waals surface area contributed by atoms with Gasteiger partial charge in [-0.2, -0.15) is 5.10 Å². The van der Waals surface area contributed by atoms with E-state index < -0.39 is 0 Å². The summed E-state index contributed by atoms with van der Waals surface area (Å²) in [6, 6.07) is 2.01. The molecule has 1 aliphatic rings. The zero-order chi connectivity index (χ0) is 17.9. The number of aromatic nitrogens is 2. The second-order valence-electron chi connectivity index (χ2n) is 6.55. The number of hydrogen-bond donors (Lipinski definition) is 2. The fourth-order valence-corrected chi connectivity index (χ4v) is 3.05. The first-order chi connectivity index (χ1) is 12.2. The van der Waals surface area contributed by atoms with Crippen LogP contribution >= 0.6 is 24.0 Å². The van der Waals surface area contributed by atoms with Crippen molar-refractivity contribution in [3.8, 4) is 0 Å². The van der Waals surface area contributed by atoms with Crippen molar-refractivity contribution in [2.75, 3.05) is 52.4 Å². The largest absolute Gasteiger partial charge is 0.357 e. The molecule has 2 N–H and O–H groups in total. The van der Waals surface area contributed by atoms with Gasteiger partial charge in [0.05, 0.1) is 12.2 Å². The highest BCUT2D eigenvalue weighted by atomic mass is 127. The number of halogens is 1. The third-order valence-corrected chi connectivity index (χ3v) is 4.77. The number of nitrogens with zero attached hydrogens (tertiary/aromatic N) is 5. The summed E-state index contributed by atoms with van der Waals surface area (Å²) < 4.78 is 1.87. The highest BCUT2D eigenvalue weighted by molar-refractivity contribution is 14.0. The Bertz CT molecular complexity index is 509. The molecule has 1 aromatic heterocycles. The molecule has 150 valence electrons. The van der Waals surface area contributed by atoms with Crippen molar-refractivity contribution in [1.29, 1.82) is 0 Å². The van der Waals surface area contributed by atoms with E-state index in [0.29, 0.717) is 6.54 Å². The molecule has 8 heteroatoms. The number of aryl methyl sites for hydroxylation is 1. The van der Waals surface area contributed by atoms with Crippen LogP contribution in [-0.4, -0.2) is 77.9 Å². The Morgan fingerprint density at radius 3 is 2.46 bits per heavy atom. The Kier molecular flexibility index (Phi) is 11.9. The summed E-state index contributed by atoms with van der Waals surface area (Å²) in [7, 11) is 1.95. The van der Waals surface area contributed by atoms with E-state index in [1.807, 2.05) is 24.0 Å². The second-order valence-corrected chi connectivity index (χ2v) is 6.55. The van der Waals surface area contributed by atoms with Crippen LogP contribution in [0.5, 0.6) is 0 Å². The summed E-state index contributed by atoms with van der Waals surface area (Å²) in [6.07, 6.45) is 4.22. The monoisotopic (exact) mass is 477 g/mol. The highest BCUT2D eigenvalue weighted by Gasteiger charge is 2.14. The number of rotatable bonds is 9. The minimum atomic E-state index is 0. The lowest BCUT2D eigenvalue weighted by Gasteiger charge is -2.34. The lowest BCUT2D eigenvalue weighted by Crippen LogP contribution is -2.46. The Labute approximate surface area is 175 Å². The lowest BCUT2D eigenvalue weighted by atomic mass is 10.2. The number of piperazine rings is 1. The number of unbranched alkanes of at least 4 members (excludes halogenated alkanes) is 1. The Balaban J connectivity index is 0.00000338. The van der Waals surface area contributed by atoms with E-state index in [2.05, 4.69) is 44.4 Å². The molecule has 1 aliphatic heterocycles. The van der Waals surface area contributed by atoms with Gasteiger partial charge in [0.15, 0.2) is 5.96 Å². The van der Waals surface area contributed by atoms with Crippen molar-refractivity contribution in [3.63, 3.8) is 0 Å². The van der Waals surface area contributed by atoms with E-state index in [-0.39, 0.29) is 24.0 Å². The summed E-state index contributed by atoms with van der Waals surface area (Å²) in [4.78, 5) is 9.76. The van der Waals surface area contributed by atoms with Crippen molar-refractivity contribution in [2.24, 2.45) is 12.0 Å². The highest BCUT2D eigenvalue weighted by Crippen LogP contribution is 2.03. The molecule has 1 saturated heterocycles. The second kappa shape index (κ2) is 13.3. The van der Waals surface area contributed by atoms with Gasteiger partial charge in [0.2, 0.25) is 0 Å². The molecule has 0 bridgehead atoms. The lowest BCUT2D eigenvalue weighted by molar-refractivity contribution is 0.136. The summed E-state index contributed by atoms with van der Waals surface area (Å²) in [5, 5.41) is 10.9. The van der Waals surface area contributed by atoms with Gasteiger partial charge in [-0.1, -0.05) is 6.92 Å². The third kappa shape index (κ3) is 8.22. The van der Waals surface area contributed by atoms with Gasteiger partial charge in [-0.05, 0) is 38.9 Å². The summed E-state index contributed by atoms with van der Waals surface area (Å²) in [5.41, 5.74) is 1.11. The molecule has 1 fully saturated rings. The number of nitrogens with one attached hydrogen (secondary N) is 2. The van der Waals surface area contributed by atoms with Crippen molar-refractivity contribution in [1.82, 2.24) is 30.2 Å². The zero-order valence-corrected chi connectivity index (χ0v) is 18.9. The standard InChI is InChI=1S/C18H35N7.HI/c1-4-19-18(21-16-17-8-10-22-23(17)3)20-9-6-7-11-25-14-12-24(5-2)13-15-25;/h8,10H,4-7,9,11-16H2,1-3H3,(H2,19,20,21);1H. The molecular weight excluding hydrogens is 441 g/mol. The van der Waals surface area contributed by atoms with E-state index in [1.165, 1.54) is 52.1 Å². The first-order valence-electron chi connectivity index (χ1n) is 9.66. The van der Waals surface area contributed by atoms with Crippen LogP contribution in [0.1, 0.15) is 32.4 Å². The minimum absolute atomic E-state index is 0. The Hall–Kier alpha value is -0.870. The van der Waals surface area contributed by atoms with Crippen LogP contribution in [0.15, 0.2) is 17.3 Å². The third-order valence-electron chi connectivity index (χ3n) is 4.77. The molecule has 0 saturated carbocycles. The fraction of sp³-hybridized carbons (Fsp3) is 0.778. The molecule has 0 radical (unpaired) electrons. The average molecular weight is 477 g/mol. The molecular formula is C18H36IN7. The fourth-order valence-electron chi connectivity index (χ4n) is 3.05. The Morgan fingerprint density at radius 2 is 1.85 bits per heavy atom. The smallest absolute Gasteiger partial charge is 0.191 e.